The van der Waals surface area contributed by atoms with E-state index in [2.05, 4.69) is 20.3 Å². The number of aromatic nitrogens is 2. The molecule has 3 rings (SSSR count). The van der Waals surface area contributed by atoms with Crippen molar-refractivity contribution >= 4 is 29.0 Å². The zero-order valence-corrected chi connectivity index (χ0v) is 13.7. The second-order valence-electron chi connectivity index (χ2n) is 5.86. The lowest BCUT2D eigenvalue weighted by molar-refractivity contribution is 0.138. The number of fused-ring (bicyclic) bond motifs is 1. The molecule has 7 heteroatoms. The highest BCUT2D eigenvalue weighted by molar-refractivity contribution is 7.80. The number of amidine groups is 1. The van der Waals surface area contributed by atoms with E-state index in [1.165, 1.54) is 0 Å². The fourth-order valence-electron chi connectivity index (χ4n) is 2.39. The molecule has 0 radical (unpaired) electrons. The maximum absolute atomic E-state index is 6.01. The standard InChI is InChI=1S/C16H17N5OS/c1-16(2)8-10-7-11(19-9-12(10)22-16)14(17)21-15(23)20-13-5-3-4-6-18-13/h3-7,9H,8H2,1-2H3,(H3,17,18,20,21,23). The van der Waals surface area contributed by atoms with Gasteiger partial charge in [0.15, 0.2) is 10.9 Å². The number of anilines is 1. The SMILES string of the molecule is CC1(C)Cc2cc(C(N)=NC(=S)Nc3ccccn3)ncc2O1. The number of pyridine rings is 2. The van der Waals surface area contributed by atoms with Crippen LogP contribution in [0.1, 0.15) is 25.1 Å². The van der Waals surface area contributed by atoms with E-state index < -0.39 is 0 Å². The van der Waals surface area contributed by atoms with Crippen LogP contribution in [-0.2, 0) is 6.42 Å². The van der Waals surface area contributed by atoms with Gasteiger partial charge in [-0.15, -0.1) is 0 Å². The molecule has 3 heterocycles. The van der Waals surface area contributed by atoms with Gasteiger partial charge in [0.05, 0.1) is 6.20 Å². The van der Waals surface area contributed by atoms with Crippen LogP contribution in [0.2, 0.25) is 0 Å². The third-order valence-corrected chi connectivity index (χ3v) is 3.53. The minimum atomic E-state index is -0.218. The van der Waals surface area contributed by atoms with Gasteiger partial charge in [0.1, 0.15) is 22.9 Å². The molecule has 0 unspecified atom stereocenters. The Morgan fingerprint density at radius 3 is 2.96 bits per heavy atom. The van der Waals surface area contributed by atoms with Gasteiger partial charge in [0.25, 0.3) is 0 Å². The average molecular weight is 327 g/mol. The van der Waals surface area contributed by atoms with Crippen molar-refractivity contribution in [3.63, 3.8) is 0 Å². The summed E-state index contributed by atoms with van der Waals surface area (Å²) in [6, 6.07) is 7.37. The van der Waals surface area contributed by atoms with E-state index in [9.17, 15) is 0 Å². The van der Waals surface area contributed by atoms with E-state index in [0.29, 0.717) is 11.5 Å². The lowest BCUT2D eigenvalue weighted by atomic mass is 10.0. The lowest BCUT2D eigenvalue weighted by Crippen LogP contribution is -2.24. The van der Waals surface area contributed by atoms with E-state index in [4.69, 9.17) is 22.7 Å². The Morgan fingerprint density at radius 1 is 1.39 bits per heavy atom. The molecule has 0 atom stereocenters. The predicted molar refractivity (Wildman–Crippen MR) is 93.8 cm³/mol. The van der Waals surface area contributed by atoms with Gasteiger partial charge in [0, 0.05) is 18.2 Å². The highest BCUT2D eigenvalue weighted by atomic mass is 32.1. The van der Waals surface area contributed by atoms with Crippen LogP contribution >= 0.6 is 12.2 Å². The molecule has 2 aromatic rings. The summed E-state index contributed by atoms with van der Waals surface area (Å²) in [5, 5.41) is 3.14. The molecule has 0 spiro atoms. The van der Waals surface area contributed by atoms with E-state index in [1.54, 1.807) is 18.5 Å². The molecule has 0 saturated heterocycles. The minimum Gasteiger partial charge on any atom is -0.486 e. The molecule has 118 valence electrons. The van der Waals surface area contributed by atoms with Crippen LogP contribution in [-0.4, -0.2) is 26.5 Å². The fourth-order valence-corrected chi connectivity index (χ4v) is 2.59. The van der Waals surface area contributed by atoms with Gasteiger partial charge in [-0.2, -0.15) is 0 Å². The van der Waals surface area contributed by atoms with Crippen LogP contribution in [0.25, 0.3) is 0 Å². The van der Waals surface area contributed by atoms with E-state index in [0.717, 1.165) is 17.7 Å². The van der Waals surface area contributed by atoms with Crippen molar-refractivity contribution in [2.75, 3.05) is 5.32 Å². The maximum Gasteiger partial charge on any atom is 0.200 e. The van der Waals surface area contributed by atoms with E-state index >= 15 is 0 Å². The lowest BCUT2D eigenvalue weighted by Gasteiger charge is -2.16. The Balaban J connectivity index is 1.76. The summed E-state index contributed by atoms with van der Waals surface area (Å²) in [6.45, 7) is 4.08. The maximum atomic E-state index is 6.01. The van der Waals surface area contributed by atoms with Crippen molar-refractivity contribution in [1.29, 1.82) is 0 Å². The molecule has 0 bridgehead atoms. The molecule has 0 fully saturated rings. The quantitative estimate of drug-likeness (QED) is 0.500. The van der Waals surface area contributed by atoms with Crippen molar-refractivity contribution in [3.05, 3.63) is 47.9 Å². The average Bonchev–Trinajstić information content (AvgIpc) is 2.80. The number of hydrogen-bond acceptors (Lipinski definition) is 4. The summed E-state index contributed by atoms with van der Waals surface area (Å²) < 4.78 is 5.80. The van der Waals surface area contributed by atoms with Gasteiger partial charge in [-0.25, -0.2) is 15.0 Å². The van der Waals surface area contributed by atoms with Crippen molar-refractivity contribution < 1.29 is 4.74 Å². The van der Waals surface area contributed by atoms with Crippen LogP contribution in [0.4, 0.5) is 5.82 Å². The molecule has 0 saturated carbocycles. The molecule has 0 aromatic carbocycles. The first kappa shape index (κ1) is 15.4. The topological polar surface area (TPSA) is 85.4 Å². The van der Waals surface area contributed by atoms with Gasteiger partial charge in [-0.05, 0) is 44.3 Å². The molecule has 1 aliphatic rings. The summed E-state index contributed by atoms with van der Waals surface area (Å²) in [7, 11) is 0. The van der Waals surface area contributed by atoms with Crippen LogP contribution in [0.15, 0.2) is 41.7 Å². The smallest absolute Gasteiger partial charge is 0.200 e. The number of ether oxygens (including phenoxy) is 1. The molecular formula is C16H17N5OS. The van der Waals surface area contributed by atoms with Crippen LogP contribution in [0.5, 0.6) is 5.75 Å². The number of rotatable bonds is 2. The first-order valence-electron chi connectivity index (χ1n) is 7.17. The zero-order valence-electron chi connectivity index (χ0n) is 12.9. The number of nitrogens with one attached hydrogen (secondary N) is 1. The summed E-state index contributed by atoms with van der Waals surface area (Å²) in [5.74, 6) is 1.66. The third-order valence-electron chi connectivity index (χ3n) is 3.34. The first-order valence-corrected chi connectivity index (χ1v) is 7.58. The van der Waals surface area contributed by atoms with Crippen LogP contribution in [0.3, 0.4) is 0 Å². The zero-order chi connectivity index (χ0) is 16.4. The second kappa shape index (κ2) is 5.92. The Morgan fingerprint density at radius 2 is 2.22 bits per heavy atom. The Hall–Kier alpha value is -2.54. The summed E-state index contributed by atoms with van der Waals surface area (Å²) in [4.78, 5) is 12.6. The Bertz CT molecular complexity index is 773. The molecule has 1 aliphatic heterocycles. The van der Waals surface area contributed by atoms with Crippen molar-refractivity contribution in [3.8, 4) is 5.75 Å². The normalized spacial score (nSPS) is 15.7. The molecule has 23 heavy (non-hydrogen) atoms. The van der Waals surface area contributed by atoms with Crippen molar-refractivity contribution in [1.82, 2.24) is 9.97 Å². The highest BCUT2D eigenvalue weighted by Crippen LogP contribution is 2.34. The van der Waals surface area contributed by atoms with Crippen LogP contribution < -0.4 is 15.8 Å². The number of hydrogen-bond donors (Lipinski definition) is 2. The monoisotopic (exact) mass is 327 g/mol. The Labute approximate surface area is 139 Å². The van der Waals surface area contributed by atoms with Gasteiger partial charge >= 0.3 is 0 Å². The van der Waals surface area contributed by atoms with Gasteiger partial charge in [-0.1, -0.05) is 6.07 Å². The molecule has 6 nitrogen and oxygen atoms in total. The second-order valence-corrected chi connectivity index (χ2v) is 6.24. The molecule has 0 amide bonds. The Kier molecular flexibility index (Phi) is 3.96. The molecule has 3 N–H and O–H groups in total. The van der Waals surface area contributed by atoms with Crippen LogP contribution in [0, 0.1) is 0 Å². The molecule has 2 aromatic heterocycles. The highest BCUT2D eigenvalue weighted by Gasteiger charge is 2.30. The predicted octanol–water partition coefficient (Wildman–Crippen LogP) is 2.29. The molecule has 0 aliphatic carbocycles. The van der Waals surface area contributed by atoms with E-state index in [1.807, 2.05) is 32.0 Å². The third kappa shape index (κ3) is 3.62. The summed E-state index contributed by atoms with van der Waals surface area (Å²) in [5.41, 5.74) is 7.44. The number of nitrogens with two attached hydrogens (primary N) is 1. The summed E-state index contributed by atoms with van der Waals surface area (Å²) in [6.07, 6.45) is 4.15. The number of thiocarbonyl (C=S) groups is 1. The van der Waals surface area contributed by atoms with Gasteiger partial charge in [-0.3, -0.25) is 0 Å². The van der Waals surface area contributed by atoms with Gasteiger partial charge in [0.2, 0.25) is 0 Å². The van der Waals surface area contributed by atoms with Crippen molar-refractivity contribution in [2.45, 2.75) is 25.9 Å². The summed E-state index contributed by atoms with van der Waals surface area (Å²) >= 11 is 5.18. The first-order chi connectivity index (χ1) is 10.9. The molecular weight excluding hydrogens is 310 g/mol. The largest absolute Gasteiger partial charge is 0.486 e. The number of aliphatic imine (C=N–C) groups is 1. The van der Waals surface area contributed by atoms with Gasteiger partial charge < -0.3 is 15.8 Å². The number of nitrogens with zero attached hydrogens (tertiary/aromatic N) is 3. The minimum absolute atomic E-state index is 0.218. The fraction of sp³-hybridized carbons (Fsp3) is 0.250. The van der Waals surface area contributed by atoms with E-state index in [-0.39, 0.29) is 16.5 Å². The van der Waals surface area contributed by atoms with Crippen molar-refractivity contribution in [2.24, 2.45) is 10.7 Å².